The van der Waals surface area contributed by atoms with Crippen molar-refractivity contribution < 1.29 is 9.53 Å². The zero-order valence-corrected chi connectivity index (χ0v) is 14.9. The number of rotatable bonds is 5. The van der Waals surface area contributed by atoms with Crippen molar-refractivity contribution in [1.29, 1.82) is 0 Å². The fraction of sp³-hybridized carbons (Fsp3) is 0.0556. The minimum Gasteiger partial charge on any atom is -0.496 e. The number of carbonyl (C=O) groups excluding carboxylic acids is 1. The fourth-order valence-corrected chi connectivity index (χ4v) is 2.60. The highest BCUT2D eigenvalue weighted by atomic mass is 79.9. The van der Waals surface area contributed by atoms with Crippen molar-refractivity contribution in [2.24, 2.45) is 5.10 Å². The van der Waals surface area contributed by atoms with E-state index >= 15 is 0 Å². The van der Waals surface area contributed by atoms with E-state index in [1.54, 1.807) is 13.2 Å². The van der Waals surface area contributed by atoms with Gasteiger partial charge in [0.2, 0.25) is 0 Å². The summed E-state index contributed by atoms with van der Waals surface area (Å²) in [7, 11) is 1.58. The van der Waals surface area contributed by atoms with Crippen LogP contribution in [0, 0.1) is 0 Å². The zero-order valence-electron chi connectivity index (χ0n) is 13.4. The van der Waals surface area contributed by atoms with Crippen LogP contribution in [0.15, 0.2) is 64.2 Å². The molecule has 0 spiro atoms. The molecule has 0 saturated carbocycles. The van der Waals surface area contributed by atoms with Gasteiger partial charge in [0, 0.05) is 15.6 Å². The lowest BCUT2D eigenvalue weighted by molar-refractivity contribution is 0.0950. The van der Waals surface area contributed by atoms with E-state index in [1.165, 1.54) is 6.21 Å². The van der Waals surface area contributed by atoms with Gasteiger partial charge in [0.15, 0.2) is 0 Å². The van der Waals surface area contributed by atoms with Crippen molar-refractivity contribution in [1.82, 2.24) is 15.6 Å². The number of H-pyrrole nitrogens is 1. The Morgan fingerprint density at radius 1 is 1.24 bits per heavy atom. The molecule has 25 heavy (non-hydrogen) atoms. The van der Waals surface area contributed by atoms with Gasteiger partial charge in [-0.2, -0.15) is 10.2 Å². The van der Waals surface area contributed by atoms with Crippen LogP contribution in [0.2, 0.25) is 0 Å². The first kappa shape index (κ1) is 16.9. The summed E-state index contributed by atoms with van der Waals surface area (Å²) in [5.74, 6) is 0.286. The smallest absolute Gasteiger partial charge is 0.289 e. The van der Waals surface area contributed by atoms with E-state index in [9.17, 15) is 4.79 Å². The quantitative estimate of drug-likeness (QED) is 0.508. The van der Waals surface area contributed by atoms with Crippen LogP contribution in [0.1, 0.15) is 16.1 Å². The number of hydrogen-bond acceptors (Lipinski definition) is 4. The van der Waals surface area contributed by atoms with Gasteiger partial charge < -0.3 is 4.74 Å². The third-order valence-corrected chi connectivity index (χ3v) is 3.95. The molecule has 0 bridgehead atoms. The third-order valence-electron chi connectivity index (χ3n) is 3.45. The van der Waals surface area contributed by atoms with Gasteiger partial charge in [0.25, 0.3) is 5.91 Å². The summed E-state index contributed by atoms with van der Waals surface area (Å²) in [6.07, 6.45) is 1.52. The number of benzene rings is 2. The molecule has 7 heteroatoms. The first-order valence-corrected chi connectivity index (χ1v) is 8.24. The van der Waals surface area contributed by atoms with Crippen LogP contribution in [-0.4, -0.2) is 29.4 Å². The van der Waals surface area contributed by atoms with Gasteiger partial charge in [-0.3, -0.25) is 9.89 Å². The van der Waals surface area contributed by atoms with E-state index in [4.69, 9.17) is 4.74 Å². The van der Waals surface area contributed by atoms with Gasteiger partial charge in [-0.25, -0.2) is 5.43 Å². The summed E-state index contributed by atoms with van der Waals surface area (Å²) in [5, 5.41) is 10.8. The van der Waals surface area contributed by atoms with Gasteiger partial charge in [-0.1, -0.05) is 46.3 Å². The third kappa shape index (κ3) is 4.13. The summed E-state index contributed by atoms with van der Waals surface area (Å²) in [6.45, 7) is 0. The highest BCUT2D eigenvalue weighted by Crippen LogP contribution is 2.21. The highest BCUT2D eigenvalue weighted by molar-refractivity contribution is 9.10. The maximum Gasteiger partial charge on any atom is 0.289 e. The molecule has 0 unspecified atom stereocenters. The molecule has 126 valence electrons. The van der Waals surface area contributed by atoms with Gasteiger partial charge in [0.1, 0.15) is 11.4 Å². The molecule has 0 aliphatic rings. The molecular formula is C18H15BrN4O2. The average Bonchev–Trinajstić information content (AvgIpc) is 3.13. The van der Waals surface area contributed by atoms with E-state index in [0.29, 0.717) is 17.1 Å². The van der Waals surface area contributed by atoms with Gasteiger partial charge in [-0.15, -0.1) is 0 Å². The lowest BCUT2D eigenvalue weighted by Crippen LogP contribution is -2.18. The van der Waals surface area contributed by atoms with Crippen molar-refractivity contribution in [3.8, 4) is 17.0 Å². The number of aromatic nitrogens is 2. The molecule has 3 rings (SSSR count). The zero-order chi connectivity index (χ0) is 17.6. The Morgan fingerprint density at radius 2 is 2.04 bits per heavy atom. The molecular weight excluding hydrogens is 384 g/mol. The number of halogens is 1. The summed E-state index contributed by atoms with van der Waals surface area (Å²) < 4.78 is 6.14. The van der Waals surface area contributed by atoms with E-state index in [0.717, 1.165) is 15.6 Å². The summed E-state index contributed by atoms with van der Waals surface area (Å²) >= 11 is 3.39. The number of aromatic amines is 1. The second-order valence-corrected chi connectivity index (χ2v) is 6.03. The van der Waals surface area contributed by atoms with Crippen molar-refractivity contribution in [2.75, 3.05) is 7.11 Å². The number of methoxy groups -OCH3 is 1. The number of ether oxygens (including phenoxy) is 1. The van der Waals surface area contributed by atoms with Gasteiger partial charge in [-0.05, 0) is 24.3 Å². The van der Waals surface area contributed by atoms with Crippen molar-refractivity contribution >= 4 is 28.1 Å². The topological polar surface area (TPSA) is 79.4 Å². The minimum absolute atomic E-state index is 0.331. The van der Waals surface area contributed by atoms with Crippen LogP contribution >= 0.6 is 15.9 Å². The lowest BCUT2D eigenvalue weighted by Gasteiger charge is -2.04. The maximum absolute atomic E-state index is 12.2. The van der Waals surface area contributed by atoms with Crippen LogP contribution in [0.3, 0.4) is 0 Å². The summed E-state index contributed by atoms with van der Waals surface area (Å²) in [5.41, 5.74) is 5.17. The molecule has 6 nitrogen and oxygen atoms in total. The van der Waals surface area contributed by atoms with E-state index in [-0.39, 0.29) is 5.91 Å². The molecule has 2 N–H and O–H groups in total. The maximum atomic E-state index is 12.2. The molecule has 2 aromatic carbocycles. The van der Waals surface area contributed by atoms with Crippen LogP contribution in [0.25, 0.3) is 11.3 Å². The molecule has 0 fully saturated rings. The number of nitrogens with zero attached hydrogens (tertiary/aromatic N) is 2. The molecule has 0 saturated heterocycles. The lowest BCUT2D eigenvalue weighted by atomic mass is 10.1. The number of nitrogens with one attached hydrogen (secondary N) is 2. The SMILES string of the molecule is COc1ccc(Br)cc1/C=N/NC(=O)c1cc(-c2ccccc2)n[nH]1. The Kier molecular flexibility index (Phi) is 5.25. The Balaban J connectivity index is 1.69. The van der Waals surface area contributed by atoms with E-state index < -0.39 is 0 Å². The Hall–Kier alpha value is -2.93. The van der Waals surface area contributed by atoms with Crippen LogP contribution in [0.4, 0.5) is 0 Å². The Bertz CT molecular complexity index is 906. The monoisotopic (exact) mass is 398 g/mol. The molecule has 0 radical (unpaired) electrons. The second kappa shape index (κ2) is 7.76. The van der Waals surface area contributed by atoms with Crippen molar-refractivity contribution in [2.45, 2.75) is 0 Å². The van der Waals surface area contributed by atoms with Crippen LogP contribution in [0.5, 0.6) is 5.75 Å². The molecule has 0 atom stereocenters. The molecule has 3 aromatic rings. The predicted octanol–water partition coefficient (Wildman–Crippen LogP) is 3.61. The fourth-order valence-electron chi connectivity index (χ4n) is 2.22. The van der Waals surface area contributed by atoms with Crippen molar-refractivity contribution in [3.05, 3.63) is 70.3 Å². The van der Waals surface area contributed by atoms with Crippen molar-refractivity contribution in [3.63, 3.8) is 0 Å². The van der Waals surface area contributed by atoms with Gasteiger partial charge >= 0.3 is 0 Å². The molecule has 0 aliphatic heterocycles. The average molecular weight is 399 g/mol. The summed E-state index contributed by atoms with van der Waals surface area (Å²) in [4.78, 5) is 12.2. The Labute approximate surface area is 153 Å². The second-order valence-electron chi connectivity index (χ2n) is 5.12. The Morgan fingerprint density at radius 3 is 2.80 bits per heavy atom. The minimum atomic E-state index is -0.375. The summed E-state index contributed by atoms with van der Waals surface area (Å²) in [6, 6.07) is 16.8. The largest absolute Gasteiger partial charge is 0.496 e. The molecule has 1 amide bonds. The molecule has 1 heterocycles. The number of hydrazone groups is 1. The van der Waals surface area contributed by atoms with Crippen LogP contribution in [-0.2, 0) is 0 Å². The normalized spacial score (nSPS) is 10.8. The molecule has 0 aliphatic carbocycles. The first-order valence-electron chi connectivity index (χ1n) is 7.45. The number of amides is 1. The standard InChI is InChI=1S/C18H15BrN4O2/c1-25-17-8-7-14(19)9-13(17)11-20-23-18(24)16-10-15(21-22-16)12-5-3-2-4-6-12/h2-11H,1H3,(H,21,22)(H,23,24)/b20-11+. The predicted molar refractivity (Wildman–Crippen MR) is 99.8 cm³/mol. The van der Waals surface area contributed by atoms with E-state index in [1.807, 2.05) is 48.5 Å². The highest BCUT2D eigenvalue weighted by Gasteiger charge is 2.10. The number of carbonyl (C=O) groups is 1. The number of hydrogen-bond donors (Lipinski definition) is 2. The molecule has 1 aromatic heterocycles. The first-order chi connectivity index (χ1) is 12.2. The van der Waals surface area contributed by atoms with E-state index in [2.05, 4.69) is 36.7 Å². The van der Waals surface area contributed by atoms with Crippen LogP contribution < -0.4 is 10.2 Å². The van der Waals surface area contributed by atoms with Gasteiger partial charge in [0.05, 0.1) is 19.0 Å².